The number of allylic oxidation sites excluding steroid dienone is 1. The summed E-state index contributed by atoms with van der Waals surface area (Å²) in [7, 11) is 0. The Morgan fingerprint density at radius 1 is 1.38 bits per heavy atom. The molecular weight excluding hydrogens is 102 g/mol. The van der Waals surface area contributed by atoms with Gasteiger partial charge in [0, 0.05) is 12.7 Å². The van der Waals surface area contributed by atoms with Crippen LogP contribution in [0.15, 0.2) is 12.3 Å². The Bertz CT molecular complexity index is 69.7. The summed E-state index contributed by atoms with van der Waals surface area (Å²) in [6, 6.07) is 0. The minimum Gasteiger partial charge on any atom is -0.316 e. The monoisotopic (exact) mass is 113 g/mol. The molecule has 1 aliphatic rings. The van der Waals surface area contributed by atoms with Crippen molar-refractivity contribution in [2.75, 3.05) is 6.54 Å². The van der Waals surface area contributed by atoms with Crippen LogP contribution in [-0.4, -0.2) is 6.54 Å². The van der Waals surface area contributed by atoms with Crippen molar-refractivity contribution in [3.8, 4) is 0 Å². The van der Waals surface area contributed by atoms with Crippen molar-refractivity contribution in [1.82, 2.24) is 16.4 Å². The van der Waals surface area contributed by atoms with Crippen molar-refractivity contribution in [3.05, 3.63) is 12.3 Å². The third-order valence-electron chi connectivity index (χ3n) is 1.03. The lowest BCUT2D eigenvalue weighted by atomic mass is 10.3. The molecule has 0 aromatic rings. The molecule has 1 heterocycles. The Morgan fingerprint density at radius 3 is 3.38 bits per heavy atom. The first-order valence-corrected chi connectivity index (χ1v) is 2.88. The Hall–Kier alpha value is -0.540. The molecule has 3 N–H and O–H groups in total. The summed E-state index contributed by atoms with van der Waals surface area (Å²) in [6.07, 6.45) is 6.35. The van der Waals surface area contributed by atoms with Crippen molar-refractivity contribution in [2.45, 2.75) is 12.8 Å². The zero-order valence-corrected chi connectivity index (χ0v) is 4.78. The molecular formula is C5H11N3. The molecule has 0 aromatic heterocycles. The van der Waals surface area contributed by atoms with Crippen LogP contribution < -0.4 is 16.4 Å². The molecule has 0 unspecified atom stereocenters. The SMILES string of the molecule is C1=C\NNNCCC/1. The second kappa shape index (κ2) is 3.46. The molecule has 0 bridgehead atoms. The fourth-order valence-corrected chi connectivity index (χ4v) is 0.606. The van der Waals surface area contributed by atoms with Gasteiger partial charge in [-0.05, 0) is 12.8 Å². The normalized spacial score (nSPS) is 25.0. The summed E-state index contributed by atoms with van der Waals surface area (Å²) in [5.41, 5.74) is 8.62. The molecule has 3 nitrogen and oxygen atoms in total. The fourth-order valence-electron chi connectivity index (χ4n) is 0.606. The number of rotatable bonds is 0. The van der Waals surface area contributed by atoms with Gasteiger partial charge in [0.15, 0.2) is 0 Å². The Labute approximate surface area is 49.1 Å². The van der Waals surface area contributed by atoms with E-state index in [2.05, 4.69) is 22.5 Å². The van der Waals surface area contributed by atoms with Crippen LogP contribution >= 0.6 is 0 Å². The van der Waals surface area contributed by atoms with Crippen LogP contribution in [0, 0.1) is 0 Å². The van der Waals surface area contributed by atoms with Crippen LogP contribution in [0.5, 0.6) is 0 Å². The van der Waals surface area contributed by atoms with Crippen molar-refractivity contribution in [1.29, 1.82) is 0 Å². The maximum atomic E-state index is 2.97. The molecule has 0 aromatic carbocycles. The van der Waals surface area contributed by atoms with Crippen LogP contribution in [0.3, 0.4) is 0 Å². The van der Waals surface area contributed by atoms with Gasteiger partial charge >= 0.3 is 0 Å². The van der Waals surface area contributed by atoms with Gasteiger partial charge in [0.25, 0.3) is 0 Å². The first-order chi connectivity index (χ1) is 4.00. The van der Waals surface area contributed by atoms with E-state index in [-0.39, 0.29) is 0 Å². The molecule has 0 spiro atoms. The molecule has 0 saturated heterocycles. The highest BCUT2D eigenvalue weighted by Crippen LogP contribution is 1.87. The predicted octanol–water partition coefficient (Wildman–Crippen LogP) is -0.107. The maximum absolute atomic E-state index is 2.97. The van der Waals surface area contributed by atoms with Crippen molar-refractivity contribution < 1.29 is 0 Å². The van der Waals surface area contributed by atoms with Crippen molar-refractivity contribution in [2.24, 2.45) is 0 Å². The standard InChI is InChI=1S/C5H11N3/c1-2-4-6-8-7-5-3-1/h2,4,6-8H,1,3,5H2/b4-2-. The van der Waals surface area contributed by atoms with Gasteiger partial charge in [0.05, 0.1) is 0 Å². The average Bonchev–Trinajstić information content (AvgIpc) is 1.62. The molecule has 8 heavy (non-hydrogen) atoms. The van der Waals surface area contributed by atoms with E-state index in [1.165, 1.54) is 6.42 Å². The maximum Gasteiger partial charge on any atom is 0.0120 e. The molecule has 0 fully saturated rings. The highest BCUT2D eigenvalue weighted by atomic mass is 15.6. The molecule has 0 aliphatic carbocycles. The van der Waals surface area contributed by atoms with Gasteiger partial charge in [-0.1, -0.05) is 6.08 Å². The molecule has 0 radical (unpaired) electrons. The van der Waals surface area contributed by atoms with Gasteiger partial charge in [0.2, 0.25) is 0 Å². The van der Waals surface area contributed by atoms with Gasteiger partial charge in [0.1, 0.15) is 0 Å². The third kappa shape index (κ3) is 1.95. The van der Waals surface area contributed by atoms with Crippen LogP contribution in [-0.2, 0) is 0 Å². The lowest BCUT2D eigenvalue weighted by Crippen LogP contribution is -2.41. The summed E-state index contributed by atoms with van der Waals surface area (Å²) in [4.78, 5) is 0. The highest BCUT2D eigenvalue weighted by molar-refractivity contribution is 4.78. The molecule has 0 atom stereocenters. The van der Waals surface area contributed by atoms with Crippen LogP contribution in [0.25, 0.3) is 0 Å². The van der Waals surface area contributed by atoms with Gasteiger partial charge in [-0.25, -0.2) is 5.43 Å². The van der Waals surface area contributed by atoms with Crippen LogP contribution in [0.1, 0.15) is 12.8 Å². The van der Waals surface area contributed by atoms with Crippen molar-refractivity contribution in [3.63, 3.8) is 0 Å². The van der Waals surface area contributed by atoms with E-state index in [9.17, 15) is 0 Å². The number of hydrogen-bond donors (Lipinski definition) is 3. The fraction of sp³-hybridized carbons (Fsp3) is 0.600. The largest absolute Gasteiger partial charge is 0.316 e. The summed E-state index contributed by atoms with van der Waals surface area (Å²) < 4.78 is 0. The molecule has 0 amide bonds. The number of hydrogen-bond acceptors (Lipinski definition) is 3. The smallest absolute Gasteiger partial charge is 0.0120 e. The minimum absolute atomic E-state index is 1.03. The van der Waals surface area contributed by atoms with Gasteiger partial charge in [-0.3, -0.25) is 0 Å². The topological polar surface area (TPSA) is 36.1 Å². The quantitative estimate of drug-likeness (QED) is 0.410. The lowest BCUT2D eigenvalue weighted by molar-refractivity contribution is 0.471. The van der Waals surface area contributed by atoms with E-state index < -0.39 is 0 Å². The third-order valence-corrected chi connectivity index (χ3v) is 1.03. The first-order valence-electron chi connectivity index (χ1n) is 2.88. The average molecular weight is 113 g/mol. The Morgan fingerprint density at radius 2 is 2.38 bits per heavy atom. The van der Waals surface area contributed by atoms with E-state index in [1.807, 2.05) is 6.20 Å². The Balaban J connectivity index is 2.17. The number of nitrogens with one attached hydrogen (secondary N) is 3. The van der Waals surface area contributed by atoms with E-state index in [0.717, 1.165) is 13.0 Å². The lowest BCUT2D eigenvalue weighted by Gasteiger charge is -2.07. The van der Waals surface area contributed by atoms with Gasteiger partial charge in [-0.2, -0.15) is 5.53 Å². The molecule has 1 aliphatic heterocycles. The second-order valence-electron chi connectivity index (χ2n) is 1.74. The zero-order valence-electron chi connectivity index (χ0n) is 4.78. The van der Waals surface area contributed by atoms with Gasteiger partial charge < -0.3 is 5.43 Å². The summed E-state index contributed by atoms with van der Waals surface area (Å²) >= 11 is 0. The summed E-state index contributed by atoms with van der Waals surface area (Å²) in [6.45, 7) is 1.03. The number of hydrazine groups is 2. The van der Waals surface area contributed by atoms with Crippen molar-refractivity contribution >= 4 is 0 Å². The van der Waals surface area contributed by atoms with Crippen LogP contribution in [0.2, 0.25) is 0 Å². The minimum atomic E-state index is 1.03. The summed E-state index contributed by atoms with van der Waals surface area (Å²) in [5.74, 6) is 0. The van der Waals surface area contributed by atoms with Gasteiger partial charge in [-0.15, -0.1) is 0 Å². The van der Waals surface area contributed by atoms with E-state index in [4.69, 9.17) is 0 Å². The van der Waals surface area contributed by atoms with E-state index >= 15 is 0 Å². The highest BCUT2D eigenvalue weighted by Gasteiger charge is 1.85. The second-order valence-corrected chi connectivity index (χ2v) is 1.74. The predicted molar refractivity (Wildman–Crippen MR) is 32.6 cm³/mol. The molecule has 3 heteroatoms. The van der Waals surface area contributed by atoms with E-state index in [1.54, 1.807) is 0 Å². The molecule has 0 saturated carbocycles. The van der Waals surface area contributed by atoms with E-state index in [0.29, 0.717) is 0 Å². The summed E-state index contributed by atoms with van der Waals surface area (Å²) in [5, 5.41) is 0. The molecule has 46 valence electrons. The zero-order chi connectivity index (χ0) is 5.66. The molecule has 1 rings (SSSR count). The Kier molecular flexibility index (Phi) is 2.42. The van der Waals surface area contributed by atoms with Crippen LogP contribution in [0.4, 0.5) is 0 Å². The first kappa shape index (κ1) is 5.59.